The molecule has 0 aromatic heterocycles. The van der Waals surface area contributed by atoms with Crippen LogP contribution in [0.2, 0.25) is 0 Å². The molecule has 0 aliphatic carbocycles. The zero-order valence-corrected chi connectivity index (χ0v) is 13.7. The number of piperazine rings is 1. The fraction of sp³-hybridized carbons (Fsp3) is 0.647. The zero-order chi connectivity index (χ0) is 14.8. The van der Waals surface area contributed by atoms with E-state index in [4.69, 9.17) is 0 Å². The van der Waals surface area contributed by atoms with Gasteiger partial charge in [0.05, 0.1) is 0 Å². The van der Waals surface area contributed by atoms with Crippen molar-refractivity contribution in [2.45, 2.75) is 39.2 Å². The summed E-state index contributed by atoms with van der Waals surface area (Å²) in [7, 11) is 4.23. The van der Waals surface area contributed by atoms with Crippen molar-refractivity contribution < 1.29 is 0 Å². The van der Waals surface area contributed by atoms with Gasteiger partial charge in [-0.2, -0.15) is 0 Å². The number of rotatable bonds is 4. The van der Waals surface area contributed by atoms with Crippen LogP contribution in [-0.4, -0.2) is 39.3 Å². The van der Waals surface area contributed by atoms with Crippen LogP contribution in [0.3, 0.4) is 0 Å². The molecule has 0 spiro atoms. The monoisotopic (exact) mass is 275 g/mol. The third-order valence-electron chi connectivity index (χ3n) is 4.77. The van der Waals surface area contributed by atoms with Gasteiger partial charge in [0.25, 0.3) is 0 Å². The average molecular weight is 275 g/mol. The molecule has 0 radical (unpaired) electrons. The molecule has 1 aromatic rings. The van der Waals surface area contributed by atoms with Crippen LogP contribution in [0.15, 0.2) is 18.2 Å². The second-order valence-electron chi connectivity index (χ2n) is 6.20. The molecule has 2 rings (SSSR count). The molecule has 1 aromatic carbocycles. The molecule has 0 saturated carbocycles. The minimum Gasteiger partial charge on any atom is -0.377 e. The van der Waals surface area contributed by atoms with E-state index in [0.29, 0.717) is 0 Å². The predicted molar refractivity (Wildman–Crippen MR) is 89.0 cm³/mol. The summed E-state index contributed by atoms with van der Waals surface area (Å²) in [6.45, 7) is 10.0. The van der Waals surface area contributed by atoms with E-state index in [-0.39, 0.29) is 5.54 Å². The Morgan fingerprint density at radius 2 is 1.95 bits per heavy atom. The molecule has 0 bridgehead atoms. The van der Waals surface area contributed by atoms with Crippen molar-refractivity contribution in [1.29, 1.82) is 0 Å². The van der Waals surface area contributed by atoms with Crippen molar-refractivity contribution in [1.82, 2.24) is 5.32 Å². The summed E-state index contributed by atoms with van der Waals surface area (Å²) in [5.41, 5.74) is 4.29. The van der Waals surface area contributed by atoms with Crippen LogP contribution >= 0.6 is 0 Å². The molecule has 20 heavy (non-hydrogen) atoms. The van der Waals surface area contributed by atoms with E-state index in [9.17, 15) is 0 Å². The Balaban J connectivity index is 2.25. The number of nitrogens with one attached hydrogen (secondary N) is 1. The number of hydrogen-bond donors (Lipinski definition) is 1. The third-order valence-corrected chi connectivity index (χ3v) is 4.77. The minimum atomic E-state index is 0.279. The van der Waals surface area contributed by atoms with Crippen molar-refractivity contribution in [2.24, 2.45) is 0 Å². The van der Waals surface area contributed by atoms with Crippen molar-refractivity contribution in [3.63, 3.8) is 0 Å². The Bertz CT molecular complexity index is 450. The van der Waals surface area contributed by atoms with Crippen LogP contribution in [0.1, 0.15) is 32.3 Å². The maximum absolute atomic E-state index is 3.73. The SMILES string of the molecule is CCC1(CC)CN(c2ccc(C)c(N(C)C)c2)CCN1. The first-order valence-electron chi connectivity index (χ1n) is 7.79. The first kappa shape index (κ1) is 15.2. The first-order valence-corrected chi connectivity index (χ1v) is 7.79. The lowest BCUT2D eigenvalue weighted by Crippen LogP contribution is -2.60. The van der Waals surface area contributed by atoms with E-state index < -0.39 is 0 Å². The average Bonchev–Trinajstić information content (AvgIpc) is 2.47. The molecule has 3 nitrogen and oxygen atoms in total. The second kappa shape index (κ2) is 6.04. The Kier molecular flexibility index (Phi) is 4.59. The van der Waals surface area contributed by atoms with E-state index in [0.717, 1.165) is 19.6 Å². The molecular weight excluding hydrogens is 246 g/mol. The number of anilines is 2. The van der Waals surface area contributed by atoms with Gasteiger partial charge in [-0.1, -0.05) is 19.9 Å². The molecule has 0 atom stereocenters. The largest absolute Gasteiger partial charge is 0.377 e. The molecule has 1 N–H and O–H groups in total. The topological polar surface area (TPSA) is 18.5 Å². The maximum Gasteiger partial charge on any atom is 0.0411 e. The van der Waals surface area contributed by atoms with Crippen LogP contribution in [0.4, 0.5) is 11.4 Å². The van der Waals surface area contributed by atoms with E-state index in [2.05, 4.69) is 68.2 Å². The number of hydrogen-bond acceptors (Lipinski definition) is 3. The second-order valence-corrected chi connectivity index (χ2v) is 6.20. The van der Waals surface area contributed by atoms with Crippen molar-refractivity contribution >= 4 is 11.4 Å². The normalized spacial score (nSPS) is 18.1. The van der Waals surface area contributed by atoms with E-state index in [1.165, 1.54) is 29.8 Å². The van der Waals surface area contributed by atoms with Gasteiger partial charge in [0, 0.05) is 50.6 Å². The number of aryl methyl sites for hydroxylation is 1. The molecule has 1 saturated heterocycles. The minimum absolute atomic E-state index is 0.279. The quantitative estimate of drug-likeness (QED) is 0.911. The van der Waals surface area contributed by atoms with Crippen LogP contribution < -0.4 is 15.1 Å². The summed E-state index contributed by atoms with van der Waals surface area (Å²) < 4.78 is 0. The van der Waals surface area contributed by atoms with E-state index >= 15 is 0 Å². The van der Waals surface area contributed by atoms with Gasteiger partial charge in [0.15, 0.2) is 0 Å². The van der Waals surface area contributed by atoms with Crippen LogP contribution in [0, 0.1) is 6.92 Å². The van der Waals surface area contributed by atoms with Crippen molar-refractivity contribution in [3.8, 4) is 0 Å². The standard InChI is InChI=1S/C17H29N3/c1-6-17(7-2)13-20(11-10-18-17)15-9-8-14(3)16(12-15)19(4)5/h8-9,12,18H,6-7,10-11,13H2,1-5H3. The molecule has 0 amide bonds. The summed E-state index contributed by atoms with van der Waals surface area (Å²) in [6.07, 6.45) is 2.37. The highest BCUT2D eigenvalue weighted by molar-refractivity contribution is 5.63. The van der Waals surface area contributed by atoms with Gasteiger partial charge in [-0.25, -0.2) is 0 Å². The highest BCUT2D eigenvalue weighted by atomic mass is 15.2. The third kappa shape index (κ3) is 2.93. The van der Waals surface area contributed by atoms with Crippen molar-refractivity contribution in [3.05, 3.63) is 23.8 Å². The fourth-order valence-corrected chi connectivity index (χ4v) is 3.18. The lowest BCUT2D eigenvalue weighted by atomic mass is 9.90. The van der Waals surface area contributed by atoms with Gasteiger partial charge in [-0.15, -0.1) is 0 Å². The maximum atomic E-state index is 3.73. The molecule has 1 aliphatic heterocycles. The van der Waals surface area contributed by atoms with E-state index in [1.54, 1.807) is 0 Å². The summed E-state index contributed by atoms with van der Waals surface area (Å²) >= 11 is 0. The molecule has 0 unspecified atom stereocenters. The van der Waals surface area contributed by atoms with Crippen LogP contribution in [0.5, 0.6) is 0 Å². The van der Waals surface area contributed by atoms with Crippen LogP contribution in [0.25, 0.3) is 0 Å². The van der Waals surface area contributed by atoms with Gasteiger partial charge in [-0.3, -0.25) is 0 Å². The highest BCUT2D eigenvalue weighted by Crippen LogP contribution is 2.29. The lowest BCUT2D eigenvalue weighted by Gasteiger charge is -2.44. The zero-order valence-electron chi connectivity index (χ0n) is 13.7. The van der Waals surface area contributed by atoms with Gasteiger partial charge < -0.3 is 15.1 Å². The molecular formula is C17H29N3. The molecule has 1 aliphatic rings. The number of nitrogens with zero attached hydrogens (tertiary/aromatic N) is 2. The van der Waals surface area contributed by atoms with Gasteiger partial charge in [0.1, 0.15) is 0 Å². The Morgan fingerprint density at radius 1 is 1.25 bits per heavy atom. The Hall–Kier alpha value is -1.22. The fourth-order valence-electron chi connectivity index (χ4n) is 3.18. The number of benzene rings is 1. The first-order chi connectivity index (χ1) is 9.51. The molecule has 3 heteroatoms. The van der Waals surface area contributed by atoms with Crippen LogP contribution in [-0.2, 0) is 0 Å². The molecule has 1 heterocycles. The Labute approximate surface area is 124 Å². The lowest BCUT2D eigenvalue weighted by molar-refractivity contribution is 0.277. The summed E-state index contributed by atoms with van der Waals surface area (Å²) in [5.74, 6) is 0. The van der Waals surface area contributed by atoms with E-state index in [1.807, 2.05) is 0 Å². The summed E-state index contributed by atoms with van der Waals surface area (Å²) in [5, 5.41) is 3.73. The molecule has 1 fully saturated rings. The van der Waals surface area contributed by atoms with Gasteiger partial charge >= 0.3 is 0 Å². The Morgan fingerprint density at radius 3 is 2.55 bits per heavy atom. The molecule has 112 valence electrons. The predicted octanol–water partition coefficient (Wildman–Crippen LogP) is 3.03. The summed E-state index contributed by atoms with van der Waals surface area (Å²) in [6, 6.07) is 6.84. The van der Waals surface area contributed by atoms with Crippen molar-refractivity contribution in [2.75, 3.05) is 43.5 Å². The smallest absolute Gasteiger partial charge is 0.0411 e. The highest BCUT2D eigenvalue weighted by Gasteiger charge is 2.31. The summed E-state index contributed by atoms with van der Waals surface area (Å²) in [4.78, 5) is 4.74. The van der Waals surface area contributed by atoms with Gasteiger partial charge in [-0.05, 0) is 37.5 Å². The van der Waals surface area contributed by atoms with Gasteiger partial charge in [0.2, 0.25) is 0 Å².